The van der Waals surface area contributed by atoms with Gasteiger partial charge in [-0.15, -0.1) is 0 Å². The van der Waals surface area contributed by atoms with Crippen LogP contribution in [0.15, 0.2) is 48.5 Å². The van der Waals surface area contributed by atoms with Crippen molar-refractivity contribution in [2.45, 2.75) is 19.4 Å². The van der Waals surface area contributed by atoms with Crippen LogP contribution in [0.5, 0.6) is 0 Å². The Balaban J connectivity index is 1.51. The quantitative estimate of drug-likeness (QED) is 0.711. The van der Waals surface area contributed by atoms with Gasteiger partial charge in [0.25, 0.3) is 0 Å². The largest absolute Gasteiger partial charge is 0.352 e. The van der Waals surface area contributed by atoms with Crippen molar-refractivity contribution in [1.82, 2.24) is 20.5 Å². The number of nitrogens with one attached hydrogen (secondary N) is 2. The van der Waals surface area contributed by atoms with Crippen molar-refractivity contribution in [3.05, 3.63) is 82.1 Å². The van der Waals surface area contributed by atoms with Gasteiger partial charge in [-0.05, 0) is 35.4 Å². The maximum atomic E-state index is 12.8. The van der Waals surface area contributed by atoms with Crippen LogP contribution in [0.3, 0.4) is 0 Å². The van der Waals surface area contributed by atoms with Gasteiger partial charge < -0.3 is 5.32 Å². The van der Waals surface area contributed by atoms with E-state index in [-0.39, 0.29) is 18.1 Å². The smallest absolute Gasteiger partial charge is 0.228 e. The molecule has 128 valence electrons. The van der Waals surface area contributed by atoms with E-state index < -0.39 is 0 Å². The molecule has 0 fully saturated rings. The van der Waals surface area contributed by atoms with Gasteiger partial charge in [-0.25, -0.2) is 9.37 Å². The Kier molecular flexibility index (Phi) is 5.40. The number of halogens is 2. The molecule has 0 atom stereocenters. The number of carbonyl (C=O) groups excluding carboxylic acids is 1. The van der Waals surface area contributed by atoms with Gasteiger partial charge in [-0.2, -0.15) is 5.10 Å². The van der Waals surface area contributed by atoms with E-state index in [1.807, 2.05) is 24.3 Å². The first kappa shape index (κ1) is 17.1. The molecule has 0 bridgehead atoms. The molecule has 1 aromatic heterocycles. The zero-order valence-electron chi connectivity index (χ0n) is 13.3. The van der Waals surface area contributed by atoms with Gasteiger partial charge in [-0.3, -0.25) is 9.89 Å². The molecule has 0 unspecified atom stereocenters. The van der Waals surface area contributed by atoms with Crippen molar-refractivity contribution in [3.8, 4) is 0 Å². The summed E-state index contributed by atoms with van der Waals surface area (Å²) in [4.78, 5) is 16.3. The molecule has 0 aliphatic carbocycles. The molecule has 0 saturated heterocycles. The molecule has 1 heterocycles. The van der Waals surface area contributed by atoms with Gasteiger partial charge in [-0.1, -0.05) is 35.9 Å². The number of hydrogen-bond donors (Lipinski definition) is 2. The minimum absolute atomic E-state index is 0.0817. The molecule has 0 aliphatic rings. The molecule has 5 nitrogen and oxygen atoms in total. The van der Waals surface area contributed by atoms with Crippen LogP contribution in [0.4, 0.5) is 4.39 Å². The highest BCUT2D eigenvalue weighted by Crippen LogP contribution is 2.12. The third kappa shape index (κ3) is 5.12. The number of hydrogen-bond acceptors (Lipinski definition) is 3. The third-order valence-electron chi connectivity index (χ3n) is 3.58. The predicted octanol–water partition coefficient (Wildman–Crippen LogP) is 3.05. The lowest BCUT2D eigenvalue weighted by Crippen LogP contribution is -2.25. The summed E-state index contributed by atoms with van der Waals surface area (Å²) in [6.45, 7) is 0.334. The van der Waals surface area contributed by atoms with Gasteiger partial charge in [0.05, 0.1) is 6.42 Å². The highest BCUT2D eigenvalue weighted by atomic mass is 35.5. The summed E-state index contributed by atoms with van der Waals surface area (Å²) in [5, 5.41) is 10.3. The average Bonchev–Trinajstić information content (AvgIpc) is 3.03. The van der Waals surface area contributed by atoms with E-state index in [2.05, 4.69) is 20.5 Å². The highest BCUT2D eigenvalue weighted by molar-refractivity contribution is 6.30. The Labute approximate surface area is 149 Å². The Morgan fingerprint density at radius 3 is 2.48 bits per heavy atom. The first-order valence-electron chi connectivity index (χ1n) is 7.74. The molecule has 3 rings (SSSR count). The molecule has 2 aromatic carbocycles. The summed E-state index contributed by atoms with van der Waals surface area (Å²) in [6, 6.07) is 13.5. The van der Waals surface area contributed by atoms with Crippen molar-refractivity contribution in [1.29, 1.82) is 0 Å². The lowest BCUT2D eigenvalue weighted by Gasteiger charge is -2.03. The summed E-state index contributed by atoms with van der Waals surface area (Å²) < 4.78 is 12.8. The summed E-state index contributed by atoms with van der Waals surface area (Å²) in [5.74, 6) is 0.620. The molecule has 0 radical (unpaired) electrons. The van der Waals surface area contributed by atoms with Crippen molar-refractivity contribution in [3.63, 3.8) is 0 Å². The van der Waals surface area contributed by atoms with Crippen LogP contribution in [-0.4, -0.2) is 21.1 Å². The molecular weight excluding hydrogens is 343 g/mol. The van der Waals surface area contributed by atoms with Crippen LogP contribution in [-0.2, 0) is 24.2 Å². The molecule has 1 amide bonds. The number of nitrogens with zero attached hydrogens (tertiary/aromatic N) is 2. The van der Waals surface area contributed by atoms with Crippen molar-refractivity contribution in [2.75, 3.05) is 0 Å². The van der Waals surface area contributed by atoms with Crippen LogP contribution in [0.1, 0.15) is 22.8 Å². The number of carbonyl (C=O) groups is 1. The Bertz CT molecular complexity index is 846. The minimum atomic E-state index is -0.302. The first-order chi connectivity index (χ1) is 12.1. The second-order valence-corrected chi connectivity index (χ2v) is 6.02. The molecular formula is C18H16ClFN4O. The van der Waals surface area contributed by atoms with Crippen LogP contribution >= 0.6 is 11.6 Å². The Morgan fingerprint density at radius 2 is 1.76 bits per heavy atom. The van der Waals surface area contributed by atoms with Gasteiger partial charge in [0.2, 0.25) is 5.91 Å². The number of benzene rings is 2. The highest BCUT2D eigenvalue weighted by Gasteiger charge is 2.09. The van der Waals surface area contributed by atoms with Crippen molar-refractivity contribution < 1.29 is 9.18 Å². The fourth-order valence-electron chi connectivity index (χ4n) is 2.30. The van der Waals surface area contributed by atoms with Gasteiger partial charge >= 0.3 is 0 Å². The standard InChI is InChI=1S/C18H16ClFN4O/c19-14-5-1-12(2-6-14)9-16-22-17(24-23-16)10-18(25)21-11-13-3-7-15(20)8-4-13/h1-8H,9-11H2,(H,21,25)(H,22,23,24). The summed E-state index contributed by atoms with van der Waals surface area (Å²) in [5.41, 5.74) is 1.88. The molecule has 0 spiro atoms. The first-order valence-corrected chi connectivity index (χ1v) is 8.12. The fraction of sp³-hybridized carbons (Fsp3) is 0.167. The number of rotatable bonds is 6. The van der Waals surface area contributed by atoms with E-state index in [4.69, 9.17) is 11.6 Å². The van der Waals surface area contributed by atoms with Crippen LogP contribution in [0.25, 0.3) is 0 Å². The molecule has 0 aliphatic heterocycles. The van der Waals surface area contributed by atoms with Crippen molar-refractivity contribution >= 4 is 17.5 Å². The van der Waals surface area contributed by atoms with E-state index in [1.54, 1.807) is 12.1 Å². The van der Waals surface area contributed by atoms with Crippen LogP contribution in [0, 0.1) is 5.82 Å². The maximum Gasteiger partial charge on any atom is 0.228 e. The lowest BCUT2D eigenvalue weighted by molar-refractivity contribution is -0.120. The second kappa shape index (κ2) is 7.90. The predicted molar refractivity (Wildman–Crippen MR) is 92.6 cm³/mol. The average molecular weight is 359 g/mol. The summed E-state index contributed by atoms with van der Waals surface area (Å²) >= 11 is 5.86. The Hall–Kier alpha value is -2.73. The van der Waals surface area contributed by atoms with E-state index in [0.29, 0.717) is 29.6 Å². The van der Waals surface area contributed by atoms with E-state index in [1.165, 1.54) is 12.1 Å². The van der Waals surface area contributed by atoms with E-state index in [0.717, 1.165) is 11.1 Å². The summed E-state index contributed by atoms with van der Waals surface area (Å²) in [6.07, 6.45) is 0.666. The fourth-order valence-corrected chi connectivity index (χ4v) is 2.42. The third-order valence-corrected chi connectivity index (χ3v) is 3.84. The molecule has 2 N–H and O–H groups in total. The van der Waals surface area contributed by atoms with Gasteiger partial charge in [0.1, 0.15) is 11.6 Å². The normalized spacial score (nSPS) is 10.6. The molecule has 7 heteroatoms. The minimum Gasteiger partial charge on any atom is -0.352 e. The number of aromatic nitrogens is 3. The van der Waals surface area contributed by atoms with Gasteiger partial charge in [0, 0.05) is 18.0 Å². The molecule has 25 heavy (non-hydrogen) atoms. The number of H-pyrrole nitrogens is 1. The zero-order chi connectivity index (χ0) is 17.6. The van der Waals surface area contributed by atoms with E-state index in [9.17, 15) is 9.18 Å². The van der Waals surface area contributed by atoms with Crippen LogP contribution in [0.2, 0.25) is 5.02 Å². The molecule has 0 saturated carbocycles. The zero-order valence-corrected chi connectivity index (χ0v) is 14.1. The number of amides is 1. The maximum absolute atomic E-state index is 12.8. The second-order valence-electron chi connectivity index (χ2n) is 5.58. The topological polar surface area (TPSA) is 70.7 Å². The SMILES string of the molecule is O=C(Cc1n[nH]c(Cc2ccc(Cl)cc2)n1)NCc1ccc(F)cc1. The Morgan fingerprint density at radius 1 is 1.08 bits per heavy atom. The molecule has 3 aromatic rings. The van der Waals surface area contributed by atoms with Gasteiger partial charge in [0.15, 0.2) is 5.82 Å². The van der Waals surface area contributed by atoms with Crippen LogP contribution < -0.4 is 5.32 Å². The van der Waals surface area contributed by atoms with Crippen molar-refractivity contribution in [2.24, 2.45) is 0 Å². The summed E-state index contributed by atoms with van der Waals surface area (Å²) in [7, 11) is 0. The van der Waals surface area contributed by atoms with E-state index >= 15 is 0 Å². The monoisotopic (exact) mass is 358 g/mol. The number of aromatic amines is 1. The lowest BCUT2D eigenvalue weighted by atomic mass is 10.1.